The van der Waals surface area contributed by atoms with Crippen LogP contribution in [0.5, 0.6) is 0 Å². The molecule has 0 aliphatic heterocycles. The number of carboxylic acid groups (broad SMARTS) is 1. The van der Waals surface area contributed by atoms with Gasteiger partial charge in [-0.15, -0.1) is 10.2 Å². The Kier molecular flexibility index (Phi) is 9.27. The maximum atomic E-state index is 11.6. The molecule has 0 saturated heterocycles. The summed E-state index contributed by atoms with van der Waals surface area (Å²) in [6.07, 6.45) is 1.63. The van der Waals surface area contributed by atoms with Gasteiger partial charge in [0.15, 0.2) is 0 Å². The normalized spacial score (nSPS) is 12.3. The Labute approximate surface area is 153 Å². The topological polar surface area (TPSA) is 149 Å². The number of nitrogens with one attached hydrogen (secondary N) is 1. The van der Waals surface area contributed by atoms with Crippen molar-refractivity contribution < 1.29 is 57.2 Å². The smallest absolute Gasteiger partial charge is 0.549 e. The number of aliphatic carboxylic acids is 1. The van der Waals surface area contributed by atoms with Crippen LogP contribution in [0.3, 0.4) is 0 Å². The minimum absolute atomic E-state index is 0. The minimum atomic E-state index is -4.91. The van der Waals surface area contributed by atoms with E-state index in [-0.39, 0.29) is 34.7 Å². The molecular weight excluding hydrogens is 345 g/mol. The van der Waals surface area contributed by atoms with E-state index in [1.165, 1.54) is 0 Å². The van der Waals surface area contributed by atoms with Gasteiger partial charge in [0.25, 0.3) is 10.1 Å². The standard InChI is InChI=1S/C10H15N3O6S2.Na/c1-2-3-4-8-12-13-10(20-8)11-7(14)5-6(9(15)16)21(17,18)19;/h6H,2-5H2,1H3,(H,15,16)(H,11,13,14)(H,17,18,19);/q;+1/p-1. The van der Waals surface area contributed by atoms with Gasteiger partial charge in [-0.25, -0.2) is 0 Å². The zero-order chi connectivity index (χ0) is 16.0. The quantitative estimate of drug-likeness (QED) is 0.355. The molecule has 1 unspecified atom stereocenters. The van der Waals surface area contributed by atoms with E-state index in [4.69, 9.17) is 4.55 Å². The molecule has 0 saturated carbocycles. The van der Waals surface area contributed by atoms with Crippen molar-refractivity contribution in [2.75, 3.05) is 5.32 Å². The molecule has 0 bridgehead atoms. The molecule has 1 aromatic heterocycles. The summed E-state index contributed by atoms with van der Waals surface area (Å²) in [6.45, 7) is 2.01. The number of hydrogen-bond acceptors (Lipinski definition) is 8. The number of hydrogen-bond donors (Lipinski definition) is 2. The van der Waals surface area contributed by atoms with Crippen molar-refractivity contribution in [3.05, 3.63) is 5.01 Å². The summed E-state index contributed by atoms with van der Waals surface area (Å²) < 4.78 is 30.3. The molecule has 0 spiro atoms. The predicted octanol–water partition coefficient (Wildman–Crippen LogP) is -3.78. The maximum Gasteiger partial charge on any atom is 1.00 e. The Morgan fingerprint density at radius 1 is 1.41 bits per heavy atom. The number of carboxylic acids is 1. The van der Waals surface area contributed by atoms with Crippen LogP contribution in [-0.2, 0) is 26.1 Å². The molecule has 1 amide bonds. The van der Waals surface area contributed by atoms with E-state index in [1.54, 1.807) is 0 Å². The van der Waals surface area contributed by atoms with Gasteiger partial charge < -0.3 is 15.2 Å². The van der Waals surface area contributed by atoms with E-state index in [0.29, 0.717) is 11.4 Å². The van der Waals surface area contributed by atoms with Crippen LogP contribution in [0.25, 0.3) is 0 Å². The molecule has 1 aromatic rings. The van der Waals surface area contributed by atoms with E-state index in [2.05, 4.69) is 15.5 Å². The molecule has 12 heteroatoms. The molecular formula is C10H14N3NaO6S2. The first kappa shape index (κ1) is 21.4. The maximum absolute atomic E-state index is 11.6. The molecule has 0 fully saturated rings. The fourth-order valence-corrected chi connectivity index (χ4v) is 2.79. The van der Waals surface area contributed by atoms with Gasteiger partial charge in [-0.3, -0.25) is 9.35 Å². The second-order valence-corrected chi connectivity index (χ2v) is 6.84. The molecule has 118 valence electrons. The minimum Gasteiger partial charge on any atom is -0.549 e. The first-order valence-corrected chi connectivity index (χ1v) is 8.35. The van der Waals surface area contributed by atoms with E-state index in [1.807, 2.05) is 6.92 Å². The van der Waals surface area contributed by atoms with Gasteiger partial charge in [0.2, 0.25) is 11.0 Å². The Hall–Kier alpha value is -0.590. The van der Waals surface area contributed by atoms with Crippen LogP contribution in [0.2, 0.25) is 0 Å². The summed E-state index contributed by atoms with van der Waals surface area (Å²) >= 11 is 1.11. The molecule has 1 atom stereocenters. The fourth-order valence-electron chi connectivity index (χ4n) is 1.38. The monoisotopic (exact) mass is 359 g/mol. The SMILES string of the molecule is CCCCc1nnc(NC(=O)CC(C(=O)[O-])S(=O)(=O)O)s1.[Na+]. The number of nitrogens with zero attached hydrogens (tertiary/aromatic N) is 2. The zero-order valence-electron chi connectivity index (χ0n) is 12.1. The van der Waals surface area contributed by atoms with Crippen molar-refractivity contribution in [2.24, 2.45) is 0 Å². The number of carbonyl (C=O) groups excluding carboxylic acids is 2. The molecule has 9 nitrogen and oxygen atoms in total. The summed E-state index contributed by atoms with van der Waals surface area (Å²) in [5, 5.41) is 18.9. The zero-order valence-corrected chi connectivity index (χ0v) is 15.7. The molecule has 0 aromatic carbocycles. The van der Waals surface area contributed by atoms with E-state index < -0.39 is 33.7 Å². The van der Waals surface area contributed by atoms with Crippen LogP contribution in [0.1, 0.15) is 31.2 Å². The third kappa shape index (κ3) is 7.11. The van der Waals surface area contributed by atoms with Gasteiger partial charge in [0.05, 0.1) is 12.4 Å². The van der Waals surface area contributed by atoms with Crippen LogP contribution in [-0.4, -0.2) is 40.3 Å². The number of unbranched alkanes of at least 4 members (excludes halogenated alkanes) is 1. The first-order valence-electron chi connectivity index (χ1n) is 6.03. The van der Waals surface area contributed by atoms with Crippen molar-refractivity contribution >= 4 is 38.5 Å². The van der Waals surface area contributed by atoms with Crippen LogP contribution in [0.15, 0.2) is 0 Å². The van der Waals surface area contributed by atoms with Crippen LogP contribution in [0, 0.1) is 0 Å². The third-order valence-electron chi connectivity index (χ3n) is 2.45. The predicted molar refractivity (Wildman–Crippen MR) is 72.1 cm³/mol. The summed E-state index contributed by atoms with van der Waals surface area (Å²) in [4.78, 5) is 22.2. The van der Waals surface area contributed by atoms with Crippen molar-refractivity contribution in [1.82, 2.24) is 10.2 Å². The van der Waals surface area contributed by atoms with Gasteiger partial charge in [0, 0.05) is 6.42 Å². The molecule has 2 N–H and O–H groups in total. The fraction of sp³-hybridized carbons (Fsp3) is 0.600. The molecule has 1 rings (SSSR count). The first-order chi connectivity index (χ1) is 9.74. The molecule has 1 heterocycles. The van der Waals surface area contributed by atoms with Crippen LogP contribution < -0.4 is 40.0 Å². The van der Waals surface area contributed by atoms with Crippen molar-refractivity contribution in [3.8, 4) is 0 Å². The van der Waals surface area contributed by atoms with Gasteiger partial charge in [-0.2, -0.15) is 8.42 Å². The number of carbonyl (C=O) groups is 2. The molecule has 22 heavy (non-hydrogen) atoms. The van der Waals surface area contributed by atoms with Crippen molar-refractivity contribution in [3.63, 3.8) is 0 Å². The number of rotatable bonds is 8. The van der Waals surface area contributed by atoms with Crippen molar-refractivity contribution in [1.29, 1.82) is 0 Å². The number of aryl methyl sites for hydroxylation is 1. The molecule has 0 aliphatic rings. The Balaban J connectivity index is 0.00000441. The van der Waals surface area contributed by atoms with E-state index in [9.17, 15) is 23.1 Å². The van der Waals surface area contributed by atoms with Gasteiger partial charge in [0.1, 0.15) is 10.3 Å². The van der Waals surface area contributed by atoms with Crippen LogP contribution in [0.4, 0.5) is 5.13 Å². The summed E-state index contributed by atoms with van der Waals surface area (Å²) in [7, 11) is -4.91. The third-order valence-corrected chi connectivity index (χ3v) is 4.43. The Morgan fingerprint density at radius 3 is 2.55 bits per heavy atom. The van der Waals surface area contributed by atoms with Gasteiger partial charge in [-0.05, 0) is 6.42 Å². The second kappa shape index (κ2) is 9.53. The number of amides is 1. The van der Waals surface area contributed by atoms with E-state index >= 15 is 0 Å². The number of aromatic nitrogens is 2. The van der Waals surface area contributed by atoms with Gasteiger partial charge >= 0.3 is 29.6 Å². The summed E-state index contributed by atoms with van der Waals surface area (Å²) in [6, 6.07) is 0. The molecule has 0 radical (unpaired) electrons. The second-order valence-electron chi connectivity index (χ2n) is 4.18. The largest absolute Gasteiger partial charge is 1.00 e. The Bertz CT molecular complexity index is 618. The van der Waals surface area contributed by atoms with Gasteiger partial charge in [-0.1, -0.05) is 24.7 Å². The average Bonchev–Trinajstić information content (AvgIpc) is 2.79. The van der Waals surface area contributed by atoms with Crippen LogP contribution >= 0.6 is 11.3 Å². The number of anilines is 1. The average molecular weight is 359 g/mol. The summed E-state index contributed by atoms with van der Waals surface area (Å²) in [5.41, 5.74) is 0. The van der Waals surface area contributed by atoms with E-state index in [0.717, 1.165) is 24.2 Å². The van der Waals surface area contributed by atoms with Crippen molar-refractivity contribution in [2.45, 2.75) is 37.9 Å². The summed E-state index contributed by atoms with van der Waals surface area (Å²) in [5.74, 6) is -2.96. The Morgan fingerprint density at radius 2 is 2.05 bits per heavy atom. The molecule has 0 aliphatic carbocycles.